The van der Waals surface area contributed by atoms with Crippen LogP contribution >= 0.6 is 0 Å². The average Bonchev–Trinajstić information content (AvgIpc) is 2.71. The largest absolute Gasteiger partial charge is 0.463 e. The molecule has 1 aliphatic rings. The fourth-order valence-corrected chi connectivity index (χ4v) is 2.03. The molecule has 0 saturated carbocycles. The van der Waals surface area contributed by atoms with E-state index in [1.807, 2.05) is 0 Å². The molecule has 1 amide bonds. The van der Waals surface area contributed by atoms with Crippen molar-refractivity contribution >= 4 is 5.91 Å². The van der Waals surface area contributed by atoms with Crippen LogP contribution in [0.5, 0.6) is 0 Å². The predicted octanol–water partition coefficient (Wildman–Crippen LogP) is 1.95. The van der Waals surface area contributed by atoms with Crippen LogP contribution in [0.15, 0.2) is 0 Å². The van der Waals surface area contributed by atoms with E-state index in [0.717, 1.165) is 0 Å². The van der Waals surface area contributed by atoms with E-state index in [0.29, 0.717) is 17.7 Å². The lowest BCUT2D eigenvalue weighted by Gasteiger charge is -2.29. The molecule has 1 fully saturated rings. The minimum Gasteiger partial charge on any atom is -0.396 e. The van der Waals surface area contributed by atoms with Crippen LogP contribution in [0.1, 0.15) is 25.7 Å². The zero-order valence-electron chi connectivity index (χ0n) is 9.51. The van der Waals surface area contributed by atoms with Crippen LogP contribution < -0.4 is 0 Å². The van der Waals surface area contributed by atoms with Crippen molar-refractivity contribution in [3.05, 3.63) is 0 Å². The number of halogens is 5. The maximum atomic E-state index is 12.9. The Hall–Kier alpha value is -0.920. The van der Waals surface area contributed by atoms with Crippen molar-refractivity contribution in [3.8, 4) is 0 Å². The average molecular weight is 275 g/mol. The molecule has 1 rings (SSSR count). The molecule has 3 nitrogen and oxygen atoms in total. The van der Waals surface area contributed by atoms with Crippen molar-refractivity contribution < 1.29 is 31.9 Å². The van der Waals surface area contributed by atoms with E-state index < -0.39 is 24.0 Å². The summed E-state index contributed by atoms with van der Waals surface area (Å²) in [5.41, 5.74) is 0. The minimum atomic E-state index is -5.87. The zero-order valence-corrected chi connectivity index (χ0v) is 9.51. The van der Waals surface area contributed by atoms with Crippen molar-refractivity contribution in [3.63, 3.8) is 0 Å². The van der Waals surface area contributed by atoms with Crippen LogP contribution in [-0.2, 0) is 4.79 Å². The fraction of sp³-hybridized carbons (Fsp3) is 0.900. The highest BCUT2D eigenvalue weighted by atomic mass is 19.4. The van der Waals surface area contributed by atoms with E-state index >= 15 is 0 Å². The number of aliphatic hydroxyl groups is 1. The number of hydrogen-bond donors (Lipinski definition) is 1. The van der Waals surface area contributed by atoms with Gasteiger partial charge < -0.3 is 10.0 Å². The van der Waals surface area contributed by atoms with E-state index in [1.54, 1.807) is 0 Å². The molecule has 0 aromatic rings. The number of rotatable bonds is 4. The Morgan fingerprint density at radius 3 is 2.39 bits per heavy atom. The summed E-state index contributed by atoms with van der Waals surface area (Å²) in [7, 11) is 0. The summed E-state index contributed by atoms with van der Waals surface area (Å²) < 4.78 is 62.0. The molecule has 1 atom stereocenters. The highest BCUT2D eigenvalue weighted by Gasteiger charge is 2.65. The quantitative estimate of drug-likeness (QED) is 0.797. The van der Waals surface area contributed by atoms with Gasteiger partial charge in [0.05, 0.1) is 0 Å². The first-order chi connectivity index (χ1) is 8.21. The highest BCUT2D eigenvalue weighted by molar-refractivity contribution is 5.85. The predicted molar refractivity (Wildman–Crippen MR) is 52.1 cm³/mol. The molecular weight excluding hydrogens is 261 g/mol. The molecule has 1 aliphatic heterocycles. The van der Waals surface area contributed by atoms with Gasteiger partial charge in [-0.1, -0.05) is 0 Å². The van der Waals surface area contributed by atoms with Crippen molar-refractivity contribution in [2.75, 3.05) is 13.2 Å². The number of carbonyl (C=O) groups excluding carboxylic acids is 1. The molecular formula is C10H14F5NO2. The first kappa shape index (κ1) is 15.1. The van der Waals surface area contributed by atoms with Crippen LogP contribution in [0.4, 0.5) is 22.0 Å². The van der Waals surface area contributed by atoms with E-state index in [-0.39, 0.29) is 26.0 Å². The van der Waals surface area contributed by atoms with Crippen molar-refractivity contribution in [1.29, 1.82) is 0 Å². The van der Waals surface area contributed by atoms with Gasteiger partial charge in [-0.25, -0.2) is 0 Å². The number of alkyl halides is 5. The third-order valence-corrected chi connectivity index (χ3v) is 2.96. The second kappa shape index (κ2) is 5.38. The van der Waals surface area contributed by atoms with Gasteiger partial charge in [0, 0.05) is 19.2 Å². The number of carbonyl (C=O) groups is 1. The topological polar surface area (TPSA) is 40.5 Å². The number of likely N-dealkylation sites (tertiary alicyclic amines) is 1. The van der Waals surface area contributed by atoms with Crippen LogP contribution in [0.3, 0.4) is 0 Å². The van der Waals surface area contributed by atoms with E-state index in [9.17, 15) is 26.7 Å². The maximum absolute atomic E-state index is 12.9. The van der Waals surface area contributed by atoms with E-state index in [4.69, 9.17) is 5.11 Å². The monoisotopic (exact) mass is 275 g/mol. The molecule has 0 spiro atoms. The molecule has 1 saturated heterocycles. The Morgan fingerprint density at radius 1 is 1.28 bits per heavy atom. The molecule has 1 unspecified atom stereocenters. The smallest absolute Gasteiger partial charge is 0.396 e. The maximum Gasteiger partial charge on any atom is 0.463 e. The molecule has 18 heavy (non-hydrogen) atoms. The molecule has 106 valence electrons. The molecule has 0 aliphatic carbocycles. The lowest BCUT2D eigenvalue weighted by atomic mass is 10.1. The van der Waals surface area contributed by atoms with Gasteiger partial charge in [-0.2, -0.15) is 22.0 Å². The second-order valence-electron chi connectivity index (χ2n) is 4.23. The van der Waals surface area contributed by atoms with Crippen molar-refractivity contribution in [2.45, 2.75) is 43.8 Å². The minimum absolute atomic E-state index is 0.0966. The first-order valence-electron chi connectivity index (χ1n) is 5.58. The highest BCUT2D eigenvalue weighted by Crippen LogP contribution is 2.38. The van der Waals surface area contributed by atoms with Crippen LogP contribution in [0, 0.1) is 0 Å². The Morgan fingerprint density at radius 2 is 1.89 bits per heavy atom. The van der Waals surface area contributed by atoms with Gasteiger partial charge in [0.1, 0.15) is 0 Å². The van der Waals surface area contributed by atoms with Crippen molar-refractivity contribution in [1.82, 2.24) is 4.90 Å². The number of amides is 1. The summed E-state index contributed by atoms with van der Waals surface area (Å²) in [4.78, 5) is 11.9. The van der Waals surface area contributed by atoms with Gasteiger partial charge in [-0.05, 0) is 25.7 Å². The summed E-state index contributed by atoms with van der Waals surface area (Å²) in [6.45, 7) is -0.283. The molecule has 0 aromatic carbocycles. The SMILES string of the molecule is O=C(N1CCCC1CCCO)C(F)(F)C(F)(F)F. The third kappa shape index (κ3) is 2.90. The summed E-state index contributed by atoms with van der Waals surface area (Å²) in [5.74, 6) is -7.52. The van der Waals surface area contributed by atoms with Gasteiger partial charge in [0.25, 0.3) is 0 Å². The molecule has 0 radical (unpaired) electrons. The number of aliphatic hydroxyl groups excluding tert-OH is 1. The number of hydrogen-bond acceptors (Lipinski definition) is 2. The lowest BCUT2D eigenvalue weighted by Crippen LogP contribution is -2.53. The zero-order chi connectivity index (χ0) is 14.0. The van der Waals surface area contributed by atoms with Gasteiger partial charge in [-0.15, -0.1) is 0 Å². The molecule has 1 N–H and O–H groups in total. The first-order valence-corrected chi connectivity index (χ1v) is 5.58. The molecule has 8 heteroatoms. The standard InChI is InChI=1S/C10H14F5NO2/c11-9(12,10(13,14)15)8(18)16-5-1-3-7(16)4-2-6-17/h7,17H,1-6H2. The summed E-state index contributed by atoms with van der Waals surface area (Å²) >= 11 is 0. The summed E-state index contributed by atoms with van der Waals surface area (Å²) in [6, 6.07) is -0.641. The van der Waals surface area contributed by atoms with E-state index in [2.05, 4.69) is 0 Å². The fourth-order valence-electron chi connectivity index (χ4n) is 2.03. The normalized spacial score (nSPS) is 21.4. The lowest BCUT2D eigenvalue weighted by molar-refractivity contribution is -0.274. The third-order valence-electron chi connectivity index (χ3n) is 2.96. The molecule has 0 bridgehead atoms. The molecule has 0 aromatic heterocycles. The number of nitrogens with zero attached hydrogens (tertiary/aromatic N) is 1. The van der Waals surface area contributed by atoms with Gasteiger partial charge >= 0.3 is 18.0 Å². The van der Waals surface area contributed by atoms with E-state index in [1.165, 1.54) is 0 Å². The second-order valence-corrected chi connectivity index (χ2v) is 4.23. The van der Waals surface area contributed by atoms with Crippen LogP contribution in [-0.4, -0.2) is 47.2 Å². The van der Waals surface area contributed by atoms with Crippen LogP contribution in [0.2, 0.25) is 0 Å². The summed E-state index contributed by atoms with van der Waals surface area (Å²) in [5, 5.41) is 8.61. The van der Waals surface area contributed by atoms with Crippen LogP contribution in [0.25, 0.3) is 0 Å². The summed E-state index contributed by atoms with van der Waals surface area (Å²) in [6.07, 6.45) is -4.58. The Labute approximate surface area is 101 Å². The Balaban J connectivity index is 2.76. The van der Waals surface area contributed by atoms with Crippen molar-refractivity contribution in [2.24, 2.45) is 0 Å². The molecule has 1 heterocycles. The van der Waals surface area contributed by atoms with Gasteiger partial charge in [0.15, 0.2) is 0 Å². The van der Waals surface area contributed by atoms with Gasteiger partial charge in [0.2, 0.25) is 0 Å². The Bertz CT molecular complexity index is 305. The van der Waals surface area contributed by atoms with Gasteiger partial charge in [-0.3, -0.25) is 4.79 Å². The Kier molecular flexibility index (Phi) is 4.52.